The lowest BCUT2D eigenvalue weighted by atomic mass is 10.00. The third-order valence-electron chi connectivity index (χ3n) is 3.02. The number of rotatable bonds is 3. The highest BCUT2D eigenvalue weighted by atomic mass is 28.3. The molecule has 0 radical (unpaired) electrons. The molecule has 0 N–H and O–H groups in total. The first-order valence-corrected chi connectivity index (χ1v) is 8.92. The van der Waals surface area contributed by atoms with Crippen LogP contribution in [0.25, 0.3) is 5.57 Å². The maximum Gasteiger partial charge on any atom is 0.0647 e. The van der Waals surface area contributed by atoms with E-state index >= 15 is 0 Å². The molecule has 0 bridgehead atoms. The molecule has 0 nitrogen and oxygen atoms in total. The molecule has 0 spiro atoms. The molecule has 0 saturated heterocycles. The van der Waals surface area contributed by atoms with Crippen LogP contribution < -0.4 is 5.19 Å². The summed E-state index contributed by atoms with van der Waals surface area (Å²) in [5.74, 6) is 0. The van der Waals surface area contributed by atoms with Gasteiger partial charge in [0.25, 0.3) is 0 Å². The van der Waals surface area contributed by atoms with Gasteiger partial charge in [-0.15, -0.1) is 0 Å². The van der Waals surface area contributed by atoms with Crippen LogP contribution in [0.4, 0.5) is 0 Å². The predicted octanol–water partition coefficient (Wildman–Crippen LogP) is 3.44. The van der Waals surface area contributed by atoms with Crippen LogP contribution in [0.3, 0.4) is 0 Å². The highest BCUT2D eigenvalue weighted by molar-refractivity contribution is 6.70. The molecule has 0 heterocycles. The van der Waals surface area contributed by atoms with E-state index in [1.807, 2.05) is 6.07 Å². The van der Waals surface area contributed by atoms with Crippen LogP contribution >= 0.6 is 0 Å². The summed E-state index contributed by atoms with van der Waals surface area (Å²) in [6.07, 6.45) is 0. The second-order valence-electron chi connectivity index (χ2n) is 4.62. The van der Waals surface area contributed by atoms with E-state index in [1.165, 1.54) is 16.3 Å². The molecule has 17 heavy (non-hydrogen) atoms. The summed E-state index contributed by atoms with van der Waals surface area (Å²) in [4.78, 5) is 0. The highest BCUT2D eigenvalue weighted by Crippen LogP contribution is 2.20. The van der Waals surface area contributed by atoms with Crippen LogP contribution in [-0.4, -0.2) is 8.80 Å². The fraction of sp³-hybridized carbons (Fsp3) is 0.125. The molecule has 2 aromatic carbocycles. The average molecular weight is 238 g/mol. The smallest absolute Gasteiger partial charge is 0.0647 e. The Bertz CT molecular complexity index is 512. The molecule has 0 amide bonds. The molecule has 0 aromatic heterocycles. The van der Waals surface area contributed by atoms with Gasteiger partial charge in [-0.2, -0.15) is 0 Å². The second kappa shape index (κ2) is 5.15. The summed E-state index contributed by atoms with van der Waals surface area (Å²) in [6, 6.07) is 19.2. The minimum atomic E-state index is -0.733. The number of hydrogen-bond donors (Lipinski definition) is 0. The van der Waals surface area contributed by atoms with E-state index in [-0.39, 0.29) is 0 Å². The van der Waals surface area contributed by atoms with Gasteiger partial charge >= 0.3 is 0 Å². The van der Waals surface area contributed by atoms with Crippen molar-refractivity contribution < 1.29 is 0 Å². The van der Waals surface area contributed by atoms with Crippen molar-refractivity contribution in [2.75, 3.05) is 0 Å². The van der Waals surface area contributed by atoms with Gasteiger partial charge in [0, 0.05) is 0 Å². The van der Waals surface area contributed by atoms with Gasteiger partial charge in [0.15, 0.2) is 0 Å². The van der Waals surface area contributed by atoms with Crippen LogP contribution in [0, 0.1) is 0 Å². The SMILES string of the molecule is C=C(c1ccccc1)c1cccc([SiH](C)C)c1. The molecule has 0 aliphatic carbocycles. The first kappa shape index (κ1) is 11.9. The lowest BCUT2D eigenvalue weighted by molar-refractivity contribution is 1.57. The van der Waals surface area contributed by atoms with Crippen LogP contribution in [-0.2, 0) is 0 Å². The van der Waals surface area contributed by atoms with Crippen molar-refractivity contribution in [1.29, 1.82) is 0 Å². The van der Waals surface area contributed by atoms with Crippen LogP contribution in [0.15, 0.2) is 61.2 Å². The Morgan fingerprint density at radius 1 is 0.882 bits per heavy atom. The molecule has 0 aliphatic heterocycles. The van der Waals surface area contributed by atoms with Crippen molar-refractivity contribution in [3.8, 4) is 0 Å². The first-order chi connectivity index (χ1) is 8.18. The maximum absolute atomic E-state index is 4.21. The molecule has 86 valence electrons. The van der Waals surface area contributed by atoms with Crippen LogP contribution in [0.2, 0.25) is 13.1 Å². The largest absolute Gasteiger partial charge is 0.0906 e. The van der Waals surface area contributed by atoms with Gasteiger partial charge in [0.1, 0.15) is 0 Å². The third kappa shape index (κ3) is 2.74. The monoisotopic (exact) mass is 238 g/mol. The molecule has 0 aliphatic rings. The molecule has 0 fully saturated rings. The second-order valence-corrected chi connectivity index (χ2v) is 7.60. The van der Waals surface area contributed by atoms with Gasteiger partial charge in [-0.3, -0.25) is 0 Å². The van der Waals surface area contributed by atoms with Crippen LogP contribution in [0.1, 0.15) is 11.1 Å². The Morgan fingerprint density at radius 2 is 1.53 bits per heavy atom. The summed E-state index contributed by atoms with van der Waals surface area (Å²) in [5.41, 5.74) is 3.56. The summed E-state index contributed by atoms with van der Waals surface area (Å²) in [5, 5.41) is 1.50. The van der Waals surface area contributed by atoms with Gasteiger partial charge in [-0.25, -0.2) is 0 Å². The quantitative estimate of drug-likeness (QED) is 0.719. The Labute approximate surface area is 105 Å². The van der Waals surface area contributed by atoms with E-state index in [0.29, 0.717) is 0 Å². The zero-order valence-electron chi connectivity index (χ0n) is 10.5. The normalized spacial score (nSPS) is 10.5. The first-order valence-electron chi connectivity index (χ1n) is 6.03. The fourth-order valence-electron chi connectivity index (χ4n) is 1.89. The van der Waals surface area contributed by atoms with Crippen LogP contribution in [0.5, 0.6) is 0 Å². The minimum absolute atomic E-state index is 0.733. The van der Waals surface area contributed by atoms with Crippen molar-refractivity contribution >= 4 is 19.6 Å². The fourth-order valence-corrected chi connectivity index (χ4v) is 2.90. The van der Waals surface area contributed by atoms with E-state index in [0.717, 1.165) is 5.57 Å². The lowest BCUT2D eigenvalue weighted by Crippen LogP contribution is -2.22. The Morgan fingerprint density at radius 3 is 2.18 bits per heavy atom. The predicted molar refractivity (Wildman–Crippen MR) is 79.5 cm³/mol. The topological polar surface area (TPSA) is 0 Å². The standard InChI is InChI=1S/C16H18Si/c1-13(14-8-5-4-6-9-14)15-10-7-11-16(12-15)17(2)3/h4-12,17H,1H2,2-3H3. The molecule has 2 rings (SSSR count). The Balaban J connectivity index is 2.35. The van der Waals surface area contributed by atoms with Gasteiger partial charge < -0.3 is 0 Å². The third-order valence-corrected chi connectivity index (χ3v) is 4.72. The molecule has 2 aromatic rings. The van der Waals surface area contributed by atoms with E-state index < -0.39 is 8.80 Å². The summed E-state index contributed by atoms with van der Waals surface area (Å²) >= 11 is 0. The van der Waals surface area contributed by atoms with Gasteiger partial charge in [-0.05, 0) is 16.7 Å². The van der Waals surface area contributed by atoms with Gasteiger partial charge in [-0.1, -0.05) is 79.5 Å². The zero-order valence-corrected chi connectivity index (χ0v) is 11.6. The summed E-state index contributed by atoms with van der Waals surface area (Å²) in [6.45, 7) is 8.91. The molecule has 0 atom stereocenters. The summed E-state index contributed by atoms with van der Waals surface area (Å²) < 4.78 is 0. The minimum Gasteiger partial charge on any atom is -0.0906 e. The van der Waals surface area contributed by atoms with E-state index in [9.17, 15) is 0 Å². The Hall–Kier alpha value is -1.60. The van der Waals surface area contributed by atoms with Crippen molar-refractivity contribution in [3.63, 3.8) is 0 Å². The number of benzene rings is 2. The van der Waals surface area contributed by atoms with Crippen molar-refractivity contribution in [2.24, 2.45) is 0 Å². The molecular formula is C16H18Si. The molecular weight excluding hydrogens is 220 g/mol. The van der Waals surface area contributed by atoms with E-state index in [2.05, 4.69) is 68.2 Å². The van der Waals surface area contributed by atoms with E-state index in [4.69, 9.17) is 0 Å². The number of hydrogen-bond acceptors (Lipinski definition) is 0. The van der Waals surface area contributed by atoms with Crippen molar-refractivity contribution in [2.45, 2.75) is 13.1 Å². The van der Waals surface area contributed by atoms with E-state index in [1.54, 1.807) is 0 Å². The zero-order chi connectivity index (χ0) is 12.3. The molecule has 0 unspecified atom stereocenters. The van der Waals surface area contributed by atoms with Crippen molar-refractivity contribution in [1.82, 2.24) is 0 Å². The highest BCUT2D eigenvalue weighted by Gasteiger charge is 2.05. The lowest BCUT2D eigenvalue weighted by Gasteiger charge is -2.10. The Kier molecular flexibility index (Phi) is 3.60. The molecule has 1 heteroatoms. The van der Waals surface area contributed by atoms with Gasteiger partial charge in [0.05, 0.1) is 8.80 Å². The summed E-state index contributed by atoms with van der Waals surface area (Å²) in [7, 11) is -0.733. The van der Waals surface area contributed by atoms with Gasteiger partial charge in [0.2, 0.25) is 0 Å². The average Bonchev–Trinajstić information content (AvgIpc) is 2.39. The maximum atomic E-state index is 4.21. The van der Waals surface area contributed by atoms with Crippen molar-refractivity contribution in [3.05, 3.63) is 72.3 Å². The molecule has 0 saturated carbocycles.